The van der Waals surface area contributed by atoms with E-state index in [1.165, 1.54) is 5.01 Å². The van der Waals surface area contributed by atoms with Gasteiger partial charge >= 0.3 is 0 Å². The summed E-state index contributed by atoms with van der Waals surface area (Å²) in [4.78, 5) is 26.5. The third-order valence-corrected chi connectivity index (χ3v) is 5.34. The number of hydrogen-bond acceptors (Lipinski definition) is 5. The fourth-order valence-electron chi connectivity index (χ4n) is 3.48. The number of nitrogens with zero attached hydrogens (tertiary/aromatic N) is 2. The smallest absolute Gasteiger partial charge is 0.263 e. The van der Waals surface area contributed by atoms with E-state index >= 15 is 0 Å². The molecule has 0 bridgehead atoms. The zero-order valence-corrected chi connectivity index (χ0v) is 19.5. The Labute approximate surface area is 199 Å². The first-order valence-electron chi connectivity index (χ1n) is 11.0. The van der Waals surface area contributed by atoms with E-state index in [2.05, 4.69) is 16.8 Å². The molecule has 0 heterocycles. The van der Waals surface area contributed by atoms with Gasteiger partial charge in [-0.25, -0.2) is 0 Å². The number of methoxy groups -OCH3 is 1. The van der Waals surface area contributed by atoms with Crippen molar-refractivity contribution in [2.24, 2.45) is 0 Å². The minimum absolute atomic E-state index is 0.274. The highest BCUT2D eigenvalue weighted by Crippen LogP contribution is 2.17. The van der Waals surface area contributed by atoms with Crippen LogP contribution in [0.25, 0.3) is 0 Å². The Bertz CT molecular complexity index is 1170. The molecular weight excluding hydrogens is 428 g/mol. The van der Waals surface area contributed by atoms with E-state index in [0.29, 0.717) is 23.4 Å². The minimum Gasteiger partial charge on any atom is -0.497 e. The molecule has 0 aromatic heterocycles. The van der Waals surface area contributed by atoms with Crippen LogP contribution in [0.3, 0.4) is 0 Å². The molecule has 3 aromatic rings. The van der Waals surface area contributed by atoms with Gasteiger partial charge in [-0.1, -0.05) is 29.8 Å². The molecule has 0 aliphatic carbocycles. The van der Waals surface area contributed by atoms with Crippen LogP contribution in [-0.2, 0) is 11.2 Å². The Kier molecular flexibility index (Phi) is 8.25. The van der Waals surface area contributed by atoms with Gasteiger partial charge in [-0.3, -0.25) is 20.0 Å². The lowest BCUT2D eigenvalue weighted by Crippen LogP contribution is -2.51. The first-order valence-corrected chi connectivity index (χ1v) is 11.0. The predicted octanol–water partition coefficient (Wildman–Crippen LogP) is 4.09. The maximum Gasteiger partial charge on any atom is 0.263 e. The maximum atomic E-state index is 13.5. The highest BCUT2D eigenvalue weighted by atomic mass is 16.5. The van der Waals surface area contributed by atoms with E-state index in [9.17, 15) is 9.59 Å². The van der Waals surface area contributed by atoms with Crippen LogP contribution in [0, 0.1) is 18.3 Å². The predicted molar refractivity (Wildman–Crippen MR) is 131 cm³/mol. The van der Waals surface area contributed by atoms with Gasteiger partial charge in [0.2, 0.25) is 0 Å². The normalized spacial score (nSPS) is 11.1. The van der Waals surface area contributed by atoms with Crippen LogP contribution in [0.2, 0.25) is 0 Å². The van der Waals surface area contributed by atoms with Gasteiger partial charge in [-0.05, 0) is 67.9 Å². The number of rotatable bonds is 9. The van der Waals surface area contributed by atoms with Gasteiger partial charge in [0, 0.05) is 18.5 Å². The third kappa shape index (κ3) is 6.36. The largest absolute Gasteiger partial charge is 0.497 e. The van der Waals surface area contributed by atoms with Crippen LogP contribution >= 0.6 is 0 Å². The van der Waals surface area contributed by atoms with Crippen molar-refractivity contribution in [2.75, 3.05) is 19.1 Å². The van der Waals surface area contributed by atoms with E-state index in [1.807, 2.05) is 38.1 Å². The molecule has 7 nitrogen and oxygen atoms in total. The molecule has 0 aliphatic heterocycles. The van der Waals surface area contributed by atoms with Crippen molar-refractivity contribution >= 4 is 17.5 Å². The quantitative estimate of drug-likeness (QED) is 0.473. The summed E-state index contributed by atoms with van der Waals surface area (Å²) in [6, 6.07) is 22.7. The number of aryl methyl sites for hydroxylation is 1. The number of carbonyl (C=O) groups excluding carboxylic acids is 2. The number of amides is 2. The molecule has 7 heteroatoms. The second kappa shape index (κ2) is 11.5. The number of ether oxygens (including phenoxy) is 1. The van der Waals surface area contributed by atoms with Crippen LogP contribution in [0.1, 0.15) is 34.0 Å². The molecule has 3 rings (SSSR count). The summed E-state index contributed by atoms with van der Waals surface area (Å²) in [5, 5.41) is 13.4. The molecule has 174 valence electrons. The van der Waals surface area contributed by atoms with Crippen molar-refractivity contribution in [1.29, 1.82) is 5.26 Å². The average molecular weight is 457 g/mol. The molecule has 2 amide bonds. The summed E-state index contributed by atoms with van der Waals surface area (Å²) in [6.45, 7) is 4.15. The molecule has 0 spiro atoms. The van der Waals surface area contributed by atoms with Gasteiger partial charge in [-0.2, -0.15) is 5.26 Å². The number of nitrogens with one attached hydrogen (secondary N) is 2. The van der Waals surface area contributed by atoms with Gasteiger partial charge in [0.25, 0.3) is 11.8 Å². The van der Waals surface area contributed by atoms with Crippen molar-refractivity contribution in [3.8, 4) is 11.8 Å². The zero-order chi connectivity index (χ0) is 24.5. The summed E-state index contributed by atoms with van der Waals surface area (Å²) in [5.41, 5.74) is 6.66. The van der Waals surface area contributed by atoms with Crippen molar-refractivity contribution in [2.45, 2.75) is 26.3 Å². The molecule has 0 fully saturated rings. The van der Waals surface area contributed by atoms with E-state index in [1.54, 1.807) is 55.6 Å². The van der Waals surface area contributed by atoms with Crippen LogP contribution < -0.4 is 15.5 Å². The number of carbonyl (C=O) groups is 2. The van der Waals surface area contributed by atoms with Crippen LogP contribution in [0.5, 0.6) is 5.75 Å². The summed E-state index contributed by atoms with van der Waals surface area (Å²) in [7, 11) is 1.59. The molecule has 0 radical (unpaired) electrons. The van der Waals surface area contributed by atoms with Gasteiger partial charge in [0.05, 0.1) is 24.4 Å². The lowest BCUT2D eigenvalue weighted by Gasteiger charge is -2.28. The van der Waals surface area contributed by atoms with Crippen LogP contribution in [0.15, 0.2) is 72.8 Å². The molecule has 3 aromatic carbocycles. The van der Waals surface area contributed by atoms with Gasteiger partial charge in [0.15, 0.2) is 0 Å². The topological polar surface area (TPSA) is 94.5 Å². The van der Waals surface area contributed by atoms with Crippen molar-refractivity contribution < 1.29 is 14.3 Å². The summed E-state index contributed by atoms with van der Waals surface area (Å²) in [5.74, 6) is 0.115. The average Bonchev–Trinajstić information content (AvgIpc) is 2.87. The number of nitriles is 1. The number of hydrazine groups is 1. The Morgan fingerprint density at radius 3 is 2.35 bits per heavy atom. The van der Waals surface area contributed by atoms with Crippen molar-refractivity contribution in [1.82, 2.24) is 10.3 Å². The van der Waals surface area contributed by atoms with E-state index < -0.39 is 6.04 Å². The number of anilines is 1. The van der Waals surface area contributed by atoms with Crippen LogP contribution in [0.4, 0.5) is 5.69 Å². The summed E-state index contributed by atoms with van der Waals surface area (Å²) >= 11 is 0. The van der Waals surface area contributed by atoms with Gasteiger partial charge in [-0.15, -0.1) is 0 Å². The number of hydrogen-bond donors (Lipinski definition) is 2. The monoisotopic (exact) mass is 456 g/mol. The lowest BCUT2D eigenvalue weighted by molar-refractivity contribution is -0.131. The zero-order valence-electron chi connectivity index (χ0n) is 19.5. The molecule has 34 heavy (non-hydrogen) atoms. The maximum absolute atomic E-state index is 13.5. The van der Waals surface area contributed by atoms with E-state index in [0.717, 1.165) is 16.8 Å². The van der Waals surface area contributed by atoms with Crippen molar-refractivity contribution in [3.05, 3.63) is 95.1 Å². The molecular formula is C27H28N4O3. The second-order valence-electron chi connectivity index (χ2n) is 7.83. The second-order valence-corrected chi connectivity index (χ2v) is 7.83. The SMILES string of the molecule is CCN(Nc1ccc(OC)cc1)C(=O)C(Cc1ccc(C#N)cc1)NC(=O)c1cccc(C)c1. The van der Waals surface area contributed by atoms with Crippen LogP contribution in [-0.4, -0.2) is 36.5 Å². The lowest BCUT2D eigenvalue weighted by atomic mass is 10.0. The van der Waals surface area contributed by atoms with Crippen molar-refractivity contribution in [3.63, 3.8) is 0 Å². The third-order valence-electron chi connectivity index (χ3n) is 5.34. The number of benzene rings is 3. The van der Waals surface area contributed by atoms with Gasteiger partial charge < -0.3 is 10.1 Å². The fraction of sp³-hybridized carbons (Fsp3) is 0.222. The first kappa shape index (κ1) is 24.3. The molecule has 2 N–H and O–H groups in total. The molecule has 1 atom stereocenters. The first-order chi connectivity index (χ1) is 16.4. The highest BCUT2D eigenvalue weighted by Gasteiger charge is 2.26. The summed E-state index contributed by atoms with van der Waals surface area (Å²) in [6.07, 6.45) is 0.281. The fourth-order valence-corrected chi connectivity index (χ4v) is 3.48. The minimum atomic E-state index is -0.813. The van der Waals surface area contributed by atoms with E-state index in [-0.39, 0.29) is 18.2 Å². The van der Waals surface area contributed by atoms with E-state index in [4.69, 9.17) is 10.00 Å². The Hall–Kier alpha value is -4.31. The molecule has 0 saturated carbocycles. The molecule has 1 unspecified atom stereocenters. The Morgan fingerprint density at radius 1 is 1.06 bits per heavy atom. The standard InChI is InChI=1S/C27H28N4O3/c1-4-31(30-23-12-14-24(34-3)15-13-23)27(33)25(17-20-8-10-21(18-28)11-9-20)29-26(32)22-7-5-6-19(2)16-22/h5-16,25,30H,4,17H2,1-3H3,(H,29,32). The highest BCUT2D eigenvalue weighted by molar-refractivity contribution is 5.98. The molecule has 0 saturated heterocycles. The molecule has 0 aliphatic rings. The Morgan fingerprint density at radius 2 is 1.76 bits per heavy atom. The Balaban J connectivity index is 1.83. The summed E-state index contributed by atoms with van der Waals surface area (Å²) < 4.78 is 5.19. The number of likely N-dealkylation sites (N-methyl/N-ethyl adjacent to an activating group) is 1. The van der Waals surface area contributed by atoms with Gasteiger partial charge in [0.1, 0.15) is 11.8 Å².